The second-order valence-electron chi connectivity index (χ2n) is 3.73. The van der Waals surface area contributed by atoms with E-state index in [1.807, 2.05) is 0 Å². The average molecular weight is 227 g/mol. The number of esters is 1. The Bertz CT molecular complexity index is 341. The van der Waals surface area contributed by atoms with E-state index < -0.39 is 0 Å². The molecule has 1 saturated heterocycles. The van der Waals surface area contributed by atoms with Crippen molar-refractivity contribution in [3.8, 4) is 0 Å². The predicted octanol–water partition coefficient (Wildman–Crippen LogP) is 0.783. The molecule has 0 bridgehead atoms. The van der Waals surface area contributed by atoms with Crippen LogP contribution >= 0.6 is 11.3 Å². The number of anilines is 1. The summed E-state index contributed by atoms with van der Waals surface area (Å²) in [6.07, 6.45) is 0. The van der Waals surface area contributed by atoms with Crippen LogP contribution in [0.5, 0.6) is 0 Å². The number of ether oxygens (including phenoxy) is 1. The van der Waals surface area contributed by atoms with Gasteiger partial charge in [-0.3, -0.25) is 4.79 Å². The van der Waals surface area contributed by atoms with Gasteiger partial charge in [0.1, 0.15) is 5.51 Å². The third-order valence-electron chi connectivity index (χ3n) is 2.74. The molecule has 5 nitrogen and oxygen atoms in total. The Kier molecular flexibility index (Phi) is 2.86. The Morgan fingerprint density at radius 2 is 2.47 bits per heavy atom. The molecule has 0 radical (unpaired) electrons. The van der Waals surface area contributed by atoms with Gasteiger partial charge in [-0.05, 0) is 5.92 Å². The molecule has 6 heteroatoms. The molecule has 2 rings (SSSR count). The van der Waals surface area contributed by atoms with Crippen molar-refractivity contribution in [2.45, 2.75) is 6.92 Å². The quantitative estimate of drug-likeness (QED) is 0.699. The zero-order valence-corrected chi connectivity index (χ0v) is 9.53. The molecule has 0 saturated carbocycles. The summed E-state index contributed by atoms with van der Waals surface area (Å²) in [6, 6.07) is 0. The summed E-state index contributed by atoms with van der Waals surface area (Å²) in [5.74, 6) is 0.134. The van der Waals surface area contributed by atoms with Crippen molar-refractivity contribution in [2.75, 3.05) is 25.1 Å². The van der Waals surface area contributed by atoms with Crippen LogP contribution < -0.4 is 4.90 Å². The summed E-state index contributed by atoms with van der Waals surface area (Å²) in [4.78, 5) is 13.5. The first kappa shape index (κ1) is 10.4. The van der Waals surface area contributed by atoms with E-state index in [0.29, 0.717) is 12.5 Å². The summed E-state index contributed by atoms with van der Waals surface area (Å²) in [6.45, 7) is 3.58. The van der Waals surface area contributed by atoms with Crippen LogP contribution in [0.4, 0.5) is 5.13 Å². The largest absolute Gasteiger partial charge is 0.469 e. The lowest BCUT2D eigenvalue weighted by Crippen LogP contribution is -2.24. The highest BCUT2D eigenvalue weighted by atomic mass is 32.1. The van der Waals surface area contributed by atoms with Crippen molar-refractivity contribution in [3.05, 3.63) is 5.51 Å². The average Bonchev–Trinajstić information content (AvgIpc) is 2.84. The molecule has 0 aliphatic carbocycles. The molecule has 0 aromatic carbocycles. The van der Waals surface area contributed by atoms with Gasteiger partial charge in [0.05, 0.1) is 13.0 Å². The molecule has 1 aliphatic rings. The molecule has 1 aromatic rings. The Morgan fingerprint density at radius 1 is 1.67 bits per heavy atom. The molecule has 0 amide bonds. The molecular formula is C9H13N3O2S. The molecule has 2 atom stereocenters. The Labute approximate surface area is 92.1 Å². The van der Waals surface area contributed by atoms with Gasteiger partial charge in [0.2, 0.25) is 5.13 Å². The molecule has 15 heavy (non-hydrogen) atoms. The van der Waals surface area contributed by atoms with Crippen LogP contribution in [0.2, 0.25) is 0 Å². The van der Waals surface area contributed by atoms with E-state index in [1.54, 1.807) is 5.51 Å². The minimum absolute atomic E-state index is 0.0427. The first-order valence-electron chi connectivity index (χ1n) is 4.81. The SMILES string of the molecule is COC(=O)C1CN(c2nncs2)CC1C. The van der Waals surface area contributed by atoms with E-state index in [4.69, 9.17) is 4.74 Å². The summed E-state index contributed by atoms with van der Waals surface area (Å²) in [5.41, 5.74) is 1.70. The van der Waals surface area contributed by atoms with Gasteiger partial charge in [-0.2, -0.15) is 0 Å². The number of hydrogen-bond acceptors (Lipinski definition) is 6. The van der Waals surface area contributed by atoms with Gasteiger partial charge in [-0.1, -0.05) is 18.3 Å². The van der Waals surface area contributed by atoms with Crippen LogP contribution in [0, 0.1) is 11.8 Å². The minimum Gasteiger partial charge on any atom is -0.469 e. The molecular weight excluding hydrogens is 214 g/mol. The molecule has 2 heterocycles. The minimum atomic E-state index is -0.130. The Hall–Kier alpha value is -1.17. The van der Waals surface area contributed by atoms with E-state index in [-0.39, 0.29) is 11.9 Å². The molecule has 1 aliphatic heterocycles. The summed E-state index contributed by atoms with van der Waals surface area (Å²) in [7, 11) is 1.43. The van der Waals surface area contributed by atoms with Crippen molar-refractivity contribution >= 4 is 22.4 Å². The lowest BCUT2D eigenvalue weighted by Gasteiger charge is -2.12. The second kappa shape index (κ2) is 4.14. The van der Waals surface area contributed by atoms with E-state index in [1.165, 1.54) is 18.4 Å². The molecule has 0 spiro atoms. The number of methoxy groups -OCH3 is 1. The summed E-state index contributed by atoms with van der Waals surface area (Å²) >= 11 is 1.50. The third-order valence-corrected chi connectivity index (χ3v) is 3.49. The summed E-state index contributed by atoms with van der Waals surface area (Å²) < 4.78 is 4.77. The number of nitrogens with zero attached hydrogens (tertiary/aromatic N) is 3. The van der Waals surface area contributed by atoms with Gasteiger partial charge in [0, 0.05) is 13.1 Å². The van der Waals surface area contributed by atoms with Crippen molar-refractivity contribution in [2.24, 2.45) is 11.8 Å². The van der Waals surface area contributed by atoms with Crippen LogP contribution in [-0.2, 0) is 9.53 Å². The fraction of sp³-hybridized carbons (Fsp3) is 0.667. The van der Waals surface area contributed by atoms with Crippen molar-refractivity contribution in [1.82, 2.24) is 10.2 Å². The zero-order chi connectivity index (χ0) is 10.8. The normalized spacial score (nSPS) is 25.6. The first-order valence-corrected chi connectivity index (χ1v) is 5.69. The molecule has 0 N–H and O–H groups in total. The number of rotatable bonds is 2. The zero-order valence-electron chi connectivity index (χ0n) is 8.71. The fourth-order valence-corrected chi connectivity index (χ4v) is 2.47. The van der Waals surface area contributed by atoms with Crippen molar-refractivity contribution in [3.63, 3.8) is 0 Å². The van der Waals surface area contributed by atoms with Crippen LogP contribution in [0.1, 0.15) is 6.92 Å². The summed E-state index contributed by atoms with van der Waals surface area (Å²) in [5, 5.41) is 8.67. The van der Waals surface area contributed by atoms with E-state index in [9.17, 15) is 4.79 Å². The van der Waals surface area contributed by atoms with Gasteiger partial charge in [-0.15, -0.1) is 10.2 Å². The molecule has 82 valence electrons. The highest BCUT2D eigenvalue weighted by Crippen LogP contribution is 2.29. The molecule has 1 aromatic heterocycles. The first-order chi connectivity index (χ1) is 7.22. The predicted molar refractivity (Wildman–Crippen MR) is 56.8 cm³/mol. The van der Waals surface area contributed by atoms with Crippen LogP contribution in [0.15, 0.2) is 5.51 Å². The molecule has 2 unspecified atom stereocenters. The van der Waals surface area contributed by atoms with Gasteiger partial charge in [-0.25, -0.2) is 0 Å². The Balaban J connectivity index is 2.07. The lowest BCUT2D eigenvalue weighted by atomic mass is 9.99. The highest BCUT2D eigenvalue weighted by Gasteiger charge is 2.36. The van der Waals surface area contributed by atoms with Gasteiger partial charge in [0.15, 0.2) is 0 Å². The number of hydrogen-bond donors (Lipinski definition) is 0. The van der Waals surface area contributed by atoms with Crippen LogP contribution in [0.25, 0.3) is 0 Å². The third kappa shape index (κ3) is 1.94. The van der Waals surface area contributed by atoms with Gasteiger partial charge >= 0.3 is 5.97 Å². The number of carbonyl (C=O) groups is 1. The standard InChI is InChI=1S/C9H13N3O2S/c1-6-3-12(9-11-10-5-15-9)4-7(6)8(13)14-2/h5-7H,3-4H2,1-2H3. The highest BCUT2D eigenvalue weighted by molar-refractivity contribution is 7.13. The van der Waals surface area contributed by atoms with Crippen molar-refractivity contribution in [1.29, 1.82) is 0 Å². The van der Waals surface area contributed by atoms with Crippen LogP contribution in [0.3, 0.4) is 0 Å². The topological polar surface area (TPSA) is 55.3 Å². The van der Waals surface area contributed by atoms with Crippen molar-refractivity contribution < 1.29 is 9.53 Å². The maximum absolute atomic E-state index is 11.5. The Morgan fingerprint density at radius 3 is 3.07 bits per heavy atom. The smallest absolute Gasteiger partial charge is 0.310 e. The van der Waals surface area contributed by atoms with Crippen LogP contribution in [-0.4, -0.2) is 36.4 Å². The maximum atomic E-state index is 11.5. The molecule has 1 fully saturated rings. The lowest BCUT2D eigenvalue weighted by molar-refractivity contribution is -0.145. The fourth-order valence-electron chi connectivity index (χ4n) is 1.89. The van der Waals surface area contributed by atoms with E-state index in [2.05, 4.69) is 22.0 Å². The van der Waals surface area contributed by atoms with Gasteiger partial charge in [0.25, 0.3) is 0 Å². The van der Waals surface area contributed by atoms with E-state index >= 15 is 0 Å². The second-order valence-corrected chi connectivity index (χ2v) is 4.54. The van der Waals surface area contributed by atoms with Gasteiger partial charge < -0.3 is 9.64 Å². The maximum Gasteiger partial charge on any atom is 0.310 e. The monoisotopic (exact) mass is 227 g/mol. The number of aromatic nitrogens is 2. The number of carbonyl (C=O) groups excluding carboxylic acids is 1. The van der Waals surface area contributed by atoms with E-state index in [0.717, 1.165) is 11.7 Å².